The molecule has 0 radical (unpaired) electrons. The van der Waals surface area contributed by atoms with Gasteiger partial charge in [-0.2, -0.15) is 10.5 Å². The Morgan fingerprint density at radius 3 is 2.24 bits per heavy atom. The first-order valence-corrected chi connectivity index (χ1v) is 14.2. The van der Waals surface area contributed by atoms with Crippen LogP contribution in [-0.2, 0) is 0 Å². The van der Waals surface area contributed by atoms with E-state index in [9.17, 15) is 15.6 Å². The van der Waals surface area contributed by atoms with Gasteiger partial charge in [0.05, 0.1) is 16.1 Å². The summed E-state index contributed by atoms with van der Waals surface area (Å²) in [4.78, 5) is 7.10. The summed E-state index contributed by atoms with van der Waals surface area (Å²) < 4.78 is 6.83. The Kier molecular flexibility index (Phi) is 11.6. The van der Waals surface area contributed by atoms with Gasteiger partial charge in [0.15, 0.2) is 5.57 Å². The average Bonchev–Trinajstić information content (AvgIpc) is 3.36. The number of benzene rings is 2. The Hall–Kier alpha value is -3.36. The molecule has 0 saturated carbocycles. The van der Waals surface area contributed by atoms with E-state index in [1.165, 1.54) is 29.9 Å². The summed E-state index contributed by atoms with van der Waals surface area (Å²) in [6.45, 7) is 6.63. The third-order valence-corrected chi connectivity index (χ3v) is 7.33. The monoisotopic (exact) mass is 548 g/mol. The first kappa shape index (κ1) is 29.2. The van der Waals surface area contributed by atoms with Crippen LogP contribution >= 0.6 is 22.9 Å². The number of thiazole rings is 1. The Bertz CT molecular complexity index is 1350. The molecule has 1 aromatic heterocycles. The van der Waals surface area contributed by atoms with Gasteiger partial charge in [0.1, 0.15) is 35.3 Å². The molecule has 0 spiro atoms. The SMILES string of the molecule is CCCCN(CCCC)c1ccc(/C=c2/sc(=C(C#N)C#N)nc2-c2ccc(OC[C@@H](O)CCl)cc2)cc1. The van der Waals surface area contributed by atoms with Gasteiger partial charge in [-0.1, -0.05) is 38.8 Å². The van der Waals surface area contributed by atoms with Crippen LogP contribution in [0, 0.1) is 22.7 Å². The number of aliphatic hydroxyl groups is 1. The Morgan fingerprint density at radius 2 is 1.68 bits per heavy atom. The number of alkyl halides is 1. The van der Waals surface area contributed by atoms with Crippen LogP contribution in [0.1, 0.15) is 45.1 Å². The van der Waals surface area contributed by atoms with E-state index in [0.717, 1.165) is 41.6 Å². The van der Waals surface area contributed by atoms with Crippen molar-refractivity contribution in [3.05, 3.63) is 63.3 Å². The zero-order valence-electron chi connectivity index (χ0n) is 21.9. The number of rotatable bonds is 13. The van der Waals surface area contributed by atoms with Crippen molar-refractivity contribution in [2.75, 3.05) is 30.5 Å². The molecule has 2 aromatic carbocycles. The highest BCUT2D eigenvalue weighted by Gasteiger charge is 2.10. The fraction of sp³-hybridized carbons (Fsp3) is 0.367. The minimum Gasteiger partial charge on any atom is -0.491 e. The minimum absolute atomic E-state index is 0.0104. The number of aromatic nitrogens is 1. The lowest BCUT2D eigenvalue weighted by Crippen LogP contribution is -2.25. The van der Waals surface area contributed by atoms with Crippen LogP contribution in [0.2, 0.25) is 0 Å². The van der Waals surface area contributed by atoms with Crippen LogP contribution in [0.15, 0.2) is 48.5 Å². The van der Waals surface area contributed by atoms with E-state index in [1.807, 2.05) is 30.3 Å². The lowest BCUT2D eigenvalue weighted by Gasteiger charge is -2.24. The lowest BCUT2D eigenvalue weighted by atomic mass is 10.1. The van der Waals surface area contributed by atoms with Crippen molar-refractivity contribution in [3.8, 4) is 29.1 Å². The summed E-state index contributed by atoms with van der Waals surface area (Å²) in [6.07, 6.45) is 5.96. The second-order valence-electron chi connectivity index (χ2n) is 8.90. The van der Waals surface area contributed by atoms with Crippen LogP contribution in [0.4, 0.5) is 5.69 Å². The maximum absolute atomic E-state index is 9.63. The largest absolute Gasteiger partial charge is 0.491 e. The second-order valence-corrected chi connectivity index (χ2v) is 10.2. The number of anilines is 1. The molecule has 0 amide bonds. The number of halogens is 1. The van der Waals surface area contributed by atoms with E-state index in [4.69, 9.17) is 16.3 Å². The van der Waals surface area contributed by atoms with Crippen LogP contribution < -0.4 is 18.8 Å². The predicted molar refractivity (Wildman–Crippen MR) is 156 cm³/mol. The molecule has 0 saturated heterocycles. The van der Waals surface area contributed by atoms with Crippen molar-refractivity contribution in [1.82, 2.24) is 4.98 Å². The number of ether oxygens (including phenoxy) is 1. The first-order valence-electron chi connectivity index (χ1n) is 12.9. The molecule has 0 aliphatic heterocycles. The summed E-state index contributed by atoms with van der Waals surface area (Å²) in [5.74, 6) is 0.706. The Morgan fingerprint density at radius 1 is 1.05 bits per heavy atom. The van der Waals surface area contributed by atoms with Gasteiger partial charge in [0, 0.05) is 24.3 Å². The molecule has 1 N–H and O–H groups in total. The molecule has 8 heteroatoms. The topological polar surface area (TPSA) is 93.2 Å². The lowest BCUT2D eigenvalue weighted by molar-refractivity contribution is 0.125. The second kappa shape index (κ2) is 15.1. The average molecular weight is 549 g/mol. The Balaban J connectivity index is 1.97. The van der Waals surface area contributed by atoms with Gasteiger partial charge in [-0.3, -0.25) is 0 Å². The molecule has 198 valence electrons. The molecule has 1 atom stereocenters. The molecule has 0 aliphatic carbocycles. The summed E-state index contributed by atoms with van der Waals surface area (Å²) in [7, 11) is 0. The van der Waals surface area contributed by atoms with Crippen molar-refractivity contribution < 1.29 is 9.84 Å². The Labute approximate surface area is 233 Å². The number of unbranched alkanes of at least 4 members (excludes halogenated alkanes) is 2. The van der Waals surface area contributed by atoms with Crippen LogP contribution in [-0.4, -0.2) is 41.8 Å². The van der Waals surface area contributed by atoms with Crippen molar-refractivity contribution >= 4 is 40.3 Å². The highest BCUT2D eigenvalue weighted by atomic mass is 35.5. The molecule has 0 fully saturated rings. The molecule has 0 bridgehead atoms. The van der Waals surface area contributed by atoms with E-state index in [0.29, 0.717) is 16.1 Å². The maximum atomic E-state index is 9.63. The van der Waals surface area contributed by atoms with E-state index < -0.39 is 6.10 Å². The van der Waals surface area contributed by atoms with Gasteiger partial charge in [-0.15, -0.1) is 22.9 Å². The predicted octanol–water partition coefficient (Wildman–Crippen LogP) is 5.22. The molecule has 3 rings (SSSR count). The molecular weight excluding hydrogens is 516 g/mol. The van der Waals surface area contributed by atoms with Gasteiger partial charge in [-0.05, 0) is 60.9 Å². The highest BCUT2D eigenvalue weighted by molar-refractivity contribution is 7.08. The molecule has 1 heterocycles. The van der Waals surface area contributed by atoms with Gasteiger partial charge < -0.3 is 14.7 Å². The third kappa shape index (κ3) is 8.07. The van der Waals surface area contributed by atoms with E-state index in [1.54, 1.807) is 12.1 Å². The molecule has 0 unspecified atom stereocenters. The van der Waals surface area contributed by atoms with Crippen molar-refractivity contribution in [2.45, 2.75) is 45.6 Å². The first-order chi connectivity index (χ1) is 18.5. The number of nitriles is 2. The van der Waals surface area contributed by atoms with Gasteiger partial charge in [-0.25, -0.2) is 4.98 Å². The van der Waals surface area contributed by atoms with Crippen molar-refractivity contribution in [3.63, 3.8) is 0 Å². The van der Waals surface area contributed by atoms with Crippen LogP contribution in [0.5, 0.6) is 5.75 Å². The molecule has 38 heavy (non-hydrogen) atoms. The normalized spacial score (nSPS) is 12.0. The van der Waals surface area contributed by atoms with E-state index >= 15 is 0 Å². The summed E-state index contributed by atoms with van der Waals surface area (Å²) >= 11 is 6.95. The summed E-state index contributed by atoms with van der Waals surface area (Å²) in [6, 6.07) is 19.8. The molecule has 0 aliphatic rings. The molecule has 6 nitrogen and oxygen atoms in total. The van der Waals surface area contributed by atoms with Gasteiger partial charge >= 0.3 is 0 Å². The van der Waals surface area contributed by atoms with E-state index in [2.05, 4.69) is 48.0 Å². The maximum Gasteiger partial charge on any atom is 0.165 e. The zero-order chi connectivity index (χ0) is 27.3. The van der Waals surface area contributed by atoms with Crippen molar-refractivity contribution in [2.24, 2.45) is 0 Å². The highest BCUT2D eigenvalue weighted by Crippen LogP contribution is 2.21. The van der Waals surface area contributed by atoms with E-state index in [-0.39, 0.29) is 18.1 Å². The van der Waals surface area contributed by atoms with Gasteiger partial charge in [0.25, 0.3) is 0 Å². The van der Waals surface area contributed by atoms with Gasteiger partial charge in [0.2, 0.25) is 0 Å². The number of hydrogen-bond acceptors (Lipinski definition) is 7. The van der Waals surface area contributed by atoms with Crippen LogP contribution in [0.3, 0.4) is 0 Å². The minimum atomic E-state index is -0.735. The number of aliphatic hydroxyl groups excluding tert-OH is 1. The standard InChI is InChI=1S/C30H33ClN4O2S/c1-3-5-15-35(16-6-4-2)25-11-7-22(8-12-25)17-28-29(34-30(38-28)24(19-32)20-33)23-9-13-27(14-10-23)37-21-26(36)18-31/h7-14,17,26,36H,3-6,15-16,18,21H2,1-2H3/b28-17+/t26-/m0/s1. The van der Waals surface area contributed by atoms with Crippen molar-refractivity contribution in [1.29, 1.82) is 10.5 Å². The fourth-order valence-electron chi connectivity index (χ4n) is 3.81. The quantitative estimate of drug-likeness (QED) is 0.294. The molecule has 3 aromatic rings. The fourth-order valence-corrected chi connectivity index (χ4v) is 4.89. The van der Waals surface area contributed by atoms with Crippen LogP contribution in [0.25, 0.3) is 22.9 Å². The number of nitrogens with zero attached hydrogens (tertiary/aromatic N) is 4. The summed E-state index contributed by atoms with van der Waals surface area (Å²) in [5.41, 5.74) is 3.75. The number of hydrogen-bond donors (Lipinski definition) is 1. The smallest absolute Gasteiger partial charge is 0.165 e. The summed E-state index contributed by atoms with van der Waals surface area (Å²) in [5, 5.41) is 28.4. The zero-order valence-corrected chi connectivity index (χ0v) is 23.4. The third-order valence-electron chi connectivity index (χ3n) is 5.96. The molecular formula is C30H33ClN4O2S.